The SMILES string of the molecule is Cc1cc(NC(=O)CC(=O)O)c(C)c(C)c1Cc1ccc(O)c(C(O)c2ccc(F)cc2)n1. The number of aliphatic hydroxyl groups is 1. The highest BCUT2D eigenvalue weighted by atomic mass is 19.1. The van der Waals surface area contributed by atoms with Crippen molar-refractivity contribution in [1.82, 2.24) is 4.98 Å². The molecule has 2 aromatic carbocycles. The number of pyridine rings is 1. The molecule has 0 aliphatic rings. The van der Waals surface area contributed by atoms with Crippen molar-refractivity contribution in [1.29, 1.82) is 0 Å². The van der Waals surface area contributed by atoms with E-state index in [0.29, 0.717) is 23.4 Å². The number of aliphatic hydroxyl groups excluding tert-OH is 1. The quantitative estimate of drug-likeness (QED) is 0.403. The van der Waals surface area contributed by atoms with Crippen molar-refractivity contribution >= 4 is 17.6 Å². The van der Waals surface area contributed by atoms with Gasteiger partial charge in [-0.15, -0.1) is 0 Å². The number of carboxylic acid groups (broad SMARTS) is 1. The lowest BCUT2D eigenvalue weighted by molar-refractivity contribution is -0.139. The molecule has 0 saturated heterocycles. The minimum atomic E-state index is -1.22. The third kappa shape index (κ3) is 5.53. The number of benzene rings is 2. The molecule has 8 heteroatoms. The van der Waals surface area contributed by atoms with Gasteiger partial charge in [0.15, 0.2) is 0 Å². The summed E-state index contributed by atoms with van der Waals surface area (Å²) in [6, 6.07) is 10.2. The van der Waals surface area contributed by atoms with Crippen molar-refractivity contribution in [2.24, 2.45) is 0 Å². The summed E-state index contributed by atoms with van der Waals surface area (Å²) in [7, 11) is 0. The average molecular weight is 452 g/mol. The zero-order valence-corrected chi connectivity index (χ0v) is 18.5. The molecule has 7 nitrogen and oxygen atoms in total. The van der Waals surface area contributed by atoms with Crippen LogP contribution in [0.2, 0.25) is 0 Å². The van der Waals surface area contributed by atoms with Crippen molar-refractivity contribution in [2.75, 3.05) is 5.32 Å². The number of nitrogens with zero attached hydrogens (tertiary/aromatic N) is 1. The van der Waals surface area contributed by atoms with Crippen molar-refractivity contribution < 1.29 is 29.3 Å². The predicted molar refractivity (Wildman–Crippen MR) is 121 cm³/mol. The van der Waals surface area contributed by atoms with Crippen LogP contribution in [-0.4, -0.2) is 32.2 Å². The third-order valence-corrected chi connectivity index (χ3v) is 5.60. The summed E-state index contributed by atoms with van der Waals surface area (Å²) >= 11 is 0. The van der Waals surface area contributed by atoms with Crippen LogP contribution in [0, 0.1) is 26.6 Å². The summed E-state index contributed by atoms with van der Waals surface area (Å²) in [6.07, 6.45) is -1.43. The third-order valence-electron chi connectivity index (χ3n) is 5.60. The van der Waals surface area contributed by atoms with Gasteiger partial charge in [-0.1, -0.05) is 12.1 Å². The number of carboxylic acids is 1. The van der Waals surface area contributed by atoms with Gasteiger partial charge in [0.25, 0.3) is 0 Å². The molecule has 0 bridgehead atoms. The summed E-state index contributed by atoms with van der Waals surface area (Å²) in [5.41, 5.74) is 5.19. The van der Waals surface area contributed by atoms with E-state index in [1.807, 2.05) is 20.8 Å². The molecule has 1 atom stereocenters. The Morgan fingerprint density at radius 3 is 2.36 bits per heavy atom. The second-order valence-corrected chi connectivity index (χ2v) is 7.93. The molecule has 0 radical (unpaired) electrons. The first-order valence-electron chi connectivity index (χ1n) is 10.3. The van der Waals surface area contributed by atoms with Crippen molar-refractivity contribution in [3.8, 4) is 5.75 Å². The fourth-order valence-electron chi connectivity index (χ4n) is 3.66. The Morgan fingerprint density at radius 2 is 1.73 bits per heavy atom. The van der Waals surface area contributed by atoms with E-state index in [0.717, 1.165) is 22.3 Å². The summed E-state index contributed by atoms with van der Waals surface area (Å²) in [4.78, 5) is 27.1. The number of aryl methyl sites for hydroxylation is 1. The molecule has 0 fully saturated rings. The summed E-state index contributed by atoms with van der Waals surface area (Å²) in [5.74, 6) is -2.40. The fourth-order valence-corrected chi connectivity index (χ4v) is 3.66. The molecule has 0 saturated carbocycles. The summed E-state index contributed by atoms with van der Waals surface area (Å²) in [6.45, 7) is 5.62. The van der Waals surface area contributed by atoms with Gasteiger partial charge in [0.2, 0.25) is 5.91 Å². The molecular weight excluding hydrogens is 427 g/mol. The highest BCUT2D eigenvalue weighted by molar-refractivity contribution is 6.01. The normalized spacial score (nSPS) is 11.8. The van der Waals surface area contributed by atoms with Crippen LogP contribution >= 0.6 is 0 Å². The summed E-state index contributed by atoms with van der Waals surface area (Å²) < 4.78 is 13.2. The van der Waals surface area contributed by atoms with Gasteiger partial charge >= 0.3 is 5.97 Å². The maximum Gasteiger partial charge on any atom is 0.312 e. The Kier molecular flexibility index (Phi) is 7.08. The number of nitrogens with one attached hydrogen (secondary N) is 1. The van der Waals surface area contributed by atoms with Gasteiger partial charge in [0.1, 0.15) is 29.8 Å². The van der Waals surface area contributed by atoms with Crippen molar-refractivity contribution in [3.05, 3.63) is 87.5 Å². The second-order valence-electron chi connectivity index (χ2n) is 7.93. The monoisotopic (exact) mass is 452 g/mol. The highest BCUT2D eigenvalue weighted by Gasteiger charge is 2.19. The molecule has 3 aromatic rings. The van der Waals surface area contributed by atoms with Crippen LogP contribution in [0.25, 0.3) is 0 Å². The molecule has 3 rings (SSSR count). The molecule has 33 heavy (non-hydrogen) atoms. The number of aromatic hydroxyl groups is 1. The molecule has 4 N–H and O–H groups in total. The van der Waals surface area contributed by atoms with Crippen LogP contribution in [-0.2, 0) is 16.0 Å². The fraction of sp³-hybridized carbons (Fsp3) is 0.240. The minimum Gasteiger partial charge on any atom is -0.506 e. The Labute approximate surface area is 190 Å². The molecule has 0 spiro atoms. The number of rotatable bonds is 7. The van der Waals surface area contributed by atoms with E-state index in [-0.39, 0.29) is 11.4 Å². The molecule has 1 amide bonds. The van der Waals surface area contributed by atoms with Crippen LogP contribution in [0.15, 0.2) is 42.5 Å². The minimum absolute atomic E-state index is 0.0729. The van der Waals surface area contributed by atoms with E-state index in [4.69, 9.17) is 5.11 Å². The lowest BCUT2D eigenvalue weighted by Crippen LogP contribution is -2.17. The predicted octanol–water partition coefficient (Wildman–Crippen LogP) is 3.94. The molecule has 0 aliphatic heterocycles. The first-order chi connectivity index (χ1) is 15.6. The average Bonchev–Trinajstić information content (AvgIpc) is 2.75. The smallest absolute Gasteiger partial charge is 0.312 e. The van der Waals surface area contributed by atoms with E-state index in [1.54, 1.807) is 12.1 Å². The van der Waals surface area contributed by atoms with E-state index >= 15 is 0 Å². The number of halogens is 1. The van der Waals surface area contributed by atoms with E-state index in [1.165, 1.54) is 30.3 Å². The van der Waals surface area contributed by atoms with Crippen LogP contribution in [0.5, 0.6) is 5.75 Å². The zero-order valence-electron chi connectivity index (χ0n) is 18.5. The van der Waals surface area contributed by atoms with Gasteiger partial charge in [-0.25, -0.2) is 4.39 Å². The molecule has 1 heterocycles. The van der Waals surface area contributed by atoms with Gasteiger partial charge in [0, 0.05) is 17.8 Å². The van der Waals surface area contributed by atoms with E-state index in [9.17, 15) is 24.2 Å². The Balaban J connectivity index is 1.89. The molecule has 172 valence electrons. The number of aliphatic carboxylic acids is 1. The van der Waals surface area contributed by atoms with Gasteiger partial charge in [0.05, 0.1) is 0 Å². The number of carbonyl (C=O) groups is 2. The first kappa shape index (κ1) is 23.9. The van der Waals surface area contributed by atoms with Gasteiger partial charge in [-0.3, -0.25) is 14.6 Å². The van der Waals surface area contributed by atoms with Crippen molar-refractivity contribution in [2.45, 2.75) is 39.7 Å². The lowest BCUT2D eigenvalue weighted by Gasteiger charge is -2.18. The lowest BCUT2D eigenvalue weighted by atomic mass is 9.93. The zero-order chi connectivity index (χ0) is 24.3. The number of carbonyl (C=O) groups excluding carboxylic acids is 1. The highest BCUT2D eigenvalue weighted by Crippen LogP contribution is 2.31. The van der Waals surface area contributed by atoms with Crippen LogP contribution in [0.1, 0.15) is 51.7 Å². The van der Waals surface area contributed by atoms with E-state index < -0.39 is 30.2 Å². The van der Waals surface area contributed by atoms with Gasteiger partial charge in [-0.2, -0.15) is 0 Å². The Bertz CT molecular complexity index is 1210. The number of anilines is 1. The molecular formula is C25H25FN2O5. The standard InChI is InChI=1S/C25H25FN2O5/c1-13-10-20(28-22(30)12-23(31)32)15(3)14(2)19(13)11-18-8-9-21(29)24(27-18)25(33)16-4-6-17(26)7-5-16/h4-10,25,29,33H,11-12H2,1-3H3,(H,28,30)(H,31,32). The summed E-state index contributed by atoms with van der Waals surface area (Å²) in [5, 5.41) is 32.3. The Morgan fingerprint density at radius 1 is 1.06 bits per heavy atom. The van der Waals surface area contributed by atoms with Crippen LogP contribution in [0.3, 0.4) is 0 Å². The van der Waals surface area contributed by atoms with Crippen LogP contribution < -0.4 is 5.32 Å². The molecule has 0 aliphatic carbocycles. The largest absolute Gasteiger partial charge is 0.506 e. The number of amides is 1. The first-order valence-corrected chi connectivity index (χ1v) is 10.3. The number of aromatic nitrogens is 1. The second kappa shape index (κ2) is 9.79. The molecule has 1 aromatic heterocycles. The van der Waals surface area contributed by atoms with Gasteiger partial charge in [-0.05, 0) is 78.9 Å². The van der Waals surface area contributed by atoms with E-state index in [2.05, 4.69) is 10.3 Å². The number of hydrogen-bond donors (Lipinski definition) is 4. The van der Waals surface area contributed by atoms with Gasteiger partial charge < -0.3 is 20.6 Å². The topological polar surface area (TPSA) is 120 Å². The molecule has 1 unspecified atom stereocenters. The maximum atomic E-state index is 13.2. The Hall–Kier alpha value is -3.78. The number of hydrogen-bond acceptors (Lipinski definition) is 5. The van der Waals surface area contributed by atoms with Crippen LogP contribution in [0.4, 0.5) is 10.1 Å². The van der Waals surface area contributed by atoms with Crippen molar-refractivity contribution in [3.63, 3.8) is 0 Å². The maximum absolute atomic E-state index is 13.2.